The average molecular weight is 297 g/mol. The van der Waals surface area contributed by atoms with Crippen LogP contribution in [0.1, 0.15) is 13.8 Å². The molecule has 0 bridgehead atoms. The summed E-state index contributed by atoms with van der Waals surface area (Å²) in [5.41, 5.74) is 0.682. The summed E-state index contributed by atoms with van der Waals surface area (Å²) in [6.45, 7) is 6.70. The summed E-state index contributed by atoms with van der Waals surface area (Å²) in [5.74, 6) is 0. The van der Waals surface area contributed by atoms with Gasteiger partial charge in [-0.15, -0.1) is 0 Å². The minimum absolute atomic E-state index is 0.00608. The topological polar surface area (TPSA) is 52.7 Å². The fourth-order valence-corrected chi connectivity index (χ4v) is 4.42. The van der Waals surface area contributed by atoms with Gasteiger partial charge in [0.2, 0.25) is 10.0 Å². The Morgan fingerprint density at radius 2 is 2.00 bits per heavy atom. The maximum absolute atomic E-state index is 12.9. The van der Waals surface area contributed by atoms with Gasteiger partial charge in [0.1, 0.15) is 4.90 Å². The quantitative estimate of drug-likeness (QED) is 0.914. The van der Waals surface area contributed by atoms with Crippen LogP contribution in [0.3, 0.4) is 0 Å². The zero-order chi connectivity index (χ0) is 14.8. The van der Waals surface area contributed by atoms with Crippen LogP contribution in [-0.4, -0.2) is 56.9 Å². The van der Waals surface area contributed by atoms with E-state index >= 15 is 0 Å². The molecule has 112 valence electrons. The lowest BCUT2D eigenvalue weighted by atomic mass is 10.2. The van der Waals surface area contributed by atoms with Gasteiger partial charge in [0.05, 0.1) is 5.69 Å². The molecule has 6 heteroatoms. The van der Waals surface area contributed by atoms with Crippen LogP contribution < -0.4 is 5.32 Å². The van der Waals surface area contributed by atoms with Crippen LogP contribution in [0.15, 0.2) is 29.2 Å². The smallest absolute Gasteiger partial charge is 0.245 e. The predicted molar refractivity (Wildman–Crippen MR) is 81.5 cm³/mol. The number of benzene rings is 1. The first kappa shape index (κ1) is 15.3. The fourth-order valence-electron chi connectivity index (χ4n) is 2.63. The highest BCUT2D eigenvalue weighted by molar-refractivity contribution is 7.89. The first-order chi connectivity index (χ1) is 9.46. The Morgan fingerprint density at radius 1 is 1.30 bits per heavy atom. The van der Waals surface area contributed by atoms with Gasteiger partial charge in [-0.2, -0.15) is 4.31 Å². The summed E-state index contributed by atoms with van der Waals surface area (Å²) >= 11 is 0. The van der Waals surface area contributed by atoms with Crippen LogP contribution >= 0.6 is 0 Å². The van der Waals surface area contributed by atoms with Gasteiger partial charge in [-0.25, -0.2) is 8.42 Å². The number of nitrogens with one attached hydrogen (secondary N) is 1. The summed E-state index contributed by atoms with van der Waals surface area (Å²) in [4.78, 5) is 2.53. The largest absolute Gasteiger partial charge is 0.384 e. The predicted octanol–water partition coefficient (Wildman–Crippen LogP) is 1.44. The second-order valence-corrected chi connectivity index (χ2v) is 7.11. The van der Waals surface area contributed by atoms with Gasteiger partial charge in [-0.05, 0) is 33.0 Å². The van der Waals surface area contributed by atoms with Crippen molar-refractivity contribution in [2.45, 2.75) is 24.8 Å². The maximum Gasteiger partial charge on any atom is 0.245 e. The van der Waals surface area contributed by atoms with Gasteiger partial charge in [-0.3, -0.25) is 0 Å². The summed E-state index contributed by atoms with van der Waals surface area (Å²) < 4.78 is 27.3. The number of sulfonamides is 1. The van der Waals surface area contributed by atoms with Crippen LogP contribution in [0.25, 0.3) is 0 Å². The minimum Gasteiger partial charge on any atom is -0.384 e. The Bertz CT molecular complexity index is 559. The van der Waals surface area contributed by atoms with E-state index in [0.29, 0.717) is 23.7 Å². The summed E-state index contributed by atoms with van der Waals surface area (Å²) in [5, 5.41) is 3.13. The number of anilines is 1. The van der Waals surface area contributed by atoms with Crippen LogP contribution in [0, 0.1) is 0 Å². The van der Waals surface area contributed by atoms with Crippen molar-refractivity contribution in [3.63, 3.8) is 0 Å². The van der Waals surface area contributed by atoms with Crippen LogP contribution in [0.2, 0.25) is 0 Å². The van der Waals surface area contributed by atoms with Gasteiger partial charge in [0, 0.05) is 32.2 Å². The molecule has 0 saturated carbocycles. The van der Waals surface area contributed by atoms with Gasteiger partial charge < -0.3 is 10.2 Å². The van der Waals surface area contributed by atoms with Crippen molar-refractivity contribution in [1.29, 1.82) is 0 Å². The van der Waals surface area contributed by atoms with E-state index in [1.165, 1.54) is 0 Å². The van der Waals surface area contributed by atoms with E-state index in [1.807, 2.05) is 33.0 Å². The second kappa shape index (κ2) is 6.11. The van der Waals surface area contributed by atoms with Crippen molar-refractivity contribution in [1.82, 2.24) is 9.21 Å². The molecule has 0 aliphatic carbocycles. The third kappa shape index (κ3) is 2.97. The van der Waals surface area contributed by atoms with Gasteiger partial charge in [0.25, 0.3) is 0 Å². The molecule has 1 N–H and O–H groups in total. The molecule has 5 nitrogen and oxygen atoms in total. The molecule has 20 heavy (non-hydrogen) atoms. The van der Waals surface area contributed by atoms with Gasteiger partial charge in [0.15, 0.2) is 0 Å². The molecule has 1 heterocycles. The Kier molecular flexibility index (Phi) is 4.67. The van der Waals surface area contributed by atoms with E-state index in [1.54, 1.807) is 16.4 Å². The minimum atomic E-state index is -3.44. The molecule has 0 radical (unpaired) electrons. The Morgan fingerprint density at radius 3 is 2.65 bits per heavy atom. The molecule has 1 atom stereocenters. The number of hydrogen-bond acceptors (Lipinski definition) is 4. The van der Waals surface area contributed by atoms with Crippen LogP contribution in [-0.2, 0) is 10.0 Å². The third-order valence-corrected chi connectivity index (χ3v) is 5.68. The van der Waals surface area contributed by atoms with Crippen LogP contribution in [0.4, 0.5) is 5.69 Å². The fraction of sp³-hybridized carbons (Fsp3) is 0.571. The monoisotopic (exact) mass is 297 g/mol. The molecule has 1 aliphatic rings. The van der Waals surface area contributed by atoms with E-state index in [-0.39, 0.29) is 6.04 Å². The lowest BCUT2D eigenvalue weighted by molar-refractivity contribution is 0.170. The second-order valence-electron chi connectivity index (χ2n) is 5.25. The zero-order valence-corrected chi connectivity index (χ0v) is 13.2. The molecule has 1 saturated heterocycles. The van der Waals surface area contributed by atoms with Crippen molar-refractivity contribution in [2.75, 3.05) is 38.5 Å². The van der Waals surface area contributed by atoms with Crippen molar-refractivity contribution >= 4 is 15.7 Å². The van der Waals surface area contributed by atoms with E-state index < -0.39 is 10.0 Å². The molecule has 2 rings (SSSR count). The van der Waals surface area contributed by atoms with Gasteiger partial charge in [-0.1, -0.05) is 12.1 Å². The number of piperazine rings is 1. The number of hydrogen-bond donors (Lipinski definition) is 1. The summed E-state index contributed by atoms with van der Waals surface area (Å²) in [7, 11) is -1.42. The van der Waals surface area contributed by atoms with Crippen molar-refractivity contribution in [3.8, 4) is 0 Å². The Hall–Kier alpha value is -1.11. The lowest BCUT2D eigenvalue weighted by Gasteiger charge is -2.37. The summed E-state index contributed by atoms with van der Waals surface area (Å²) in [6.07, 6.45) is 0. The highest BCUT2D eigenvalue weighted by atomic mass is 32.2. The van der Waals surface area contributed by atoms with E-state index in [9.17, 15) is 8.42 Å². The highest BCUT2D eigenvalue weighted by Crippen LogP contribution is 2.27. The molecule has 1 aromatic carbocycles. The molecule has 1 aromatic rings. The highest BCUT2D eigenvalue weighted by Gasteiger charge is 2.33. The van der Waals surface area contributed by atoms with E-state index in [2.05, 4.69) is 10.2 Å². The van der Waals surface area contributed by atoms with E-state index in [0.717, 1.165) is 13.1 Å². The first-order valence-corrected chi connectivity index (χ1v) is 8.44. The molecule has 0 amide bonds. The van der Waals surface area contributed by atoms with Crippen molar-refractivity contribution in [3.05, 3.63) is 24.3 Å². The number of nitrogens with zero attached hydrogens (tertiary/aromatic N) is 2. The molecule has 1 aliphatic heterocycles. The maximum atomic E-state index is 12.9. The number of para-hydroxylation sites is 1. The van der Waals surface area contributed by atoms with Crippen LogP contribution in [0.5, 0.6) is 0 Å². The summed E-state index contributed by atoms with van der Waals surface area (Å²) in [6, 6.07) is 7.11. The standard InChI is InChI=1S/C14H23N3O2S/c1-4-15-13-7-5-6-8-14(13)20(18,19)17-10-9-16(3)11-12(17)2/h5-8,12,15H,4,9-11H2,1-3H3. The van der Waals surface area contributed by atoms with Gasteiger partial charge >= 0.3 is 0 Å². The van der Waals surface area contributed by atoms with Crippen molar-refractivity contribution < 1.29 is 8.42 Å². The normalized spacial score (nSPS) is 21.9. The molecule has 1 fully saturated rings. The van der Waals surface area contributed by atoms with E-state index in [4.69, 9.17) is 0 Å². The number of rotatable bonds is 4. The zero-order valence-electron chi connectivity index (χ0n) is 12.3. The molecule has 0 aromatic heterocycles. The Balaban J connectivity index is 2.35. The molecule has 0 spiro atoms. The van der Waals surface area contributed by atoms with Crippen molar-refractivity contribution in [2.24, 2.45) is 0 Å². The molecule has 1 unspecified atom stereocenters. The Labute approximate surface area is 121 Å². The SMILES string of the molecule is CCNc1ccccc1S(=O)(=O)N1CCN(C)CC1C. The molecular formula is C14H23N3O2S. The first-order valence-electron chi connectivity index (χ1n) is 7.00. The average Bonchev–Trinajstić information content (AvgIpc) is 2.39. The number of likely N-dealkylation sites (N-methyl/N-ethyl adjacent to an activating group) is 1. The lowest BCUT2D eigenvalue weighted by Crippen LogP contribution is -2.52. The third-order valence-electron chi connectivity index (χ3n) is 3.61. The molecular weight excluding hydrogens is 274 g/mol.